The molecule has 3 rings (SSSR count). The highest BCUT2D eigenvalue weighted by Crippen LogP contribution is 2.33. The minimum atomic E-state index is -2.50. The number of nitrogens with zero attached hydrogens (tertiary/aromatic N) is 1. The van der Waals surface area contributed by atoms with E-state index in [4.69, 9.17) is 4.74 Å². The Hall–Kier alpha value is -1.08. The zero-order valence-corrected chi connectivity index (χ0v) is 12.7. The summed E-state index contributed by atoms with van der Waals surface area (Å²) in [7, 11) is 0. The third-order valence-corrected chi connectivity index (χ3v) is 4.13. The first-order chi connectivity index (χ1) is 9.75. The van der Waals surface area contributed by atoms with E-state index in [1.54, 1.807) is 18.2 Å². The number of aromatic nitrogens is 1. The molecule has 0 radical (unpaired) electrons. The summed E-state index contributed by atoms with van der Waals surface area (Å²) in [5, 5.41) is 5.88. The lowest BCUT2D eigenvalue weighted by Crippen LogP contribution is -2.33. The van der Waals surface area contributed by atoms with Crippen molar-refractivity contribution in [3.05, 3.63) is 40.2 Å². The Morgan fingerprint density at radius 2 is 2.14 bits per heavy atom. The lowest BCUT2D eigenvalue weighted by atomic mass is 10.1. The Kier molecular flexibility index (Phi) is 5.64. The molecule has 0 saturated carbocycles. The minimum Gasteiger partial charge on any atom is -0.368 e. The molecule has 0 amide bonds. The highest BCUT2D eigenvalue weighted by molar-refractivity contribution is 7.10. The van der Waals surface area contributed by atoms with Crippen molar-refractivity contribution in [2.45, 2.75) is 12.5 Å². The topological polar surface area (TPSA) is 34.1 Å². The minimum absolute atomic E-state index is 0. The van der Waals surface area contributed by atoms with Crippen molar-refractivity contribution >= 4 is 23.7 Å². The van der Waals surface area contributed by atoms with Gasteiger partial charge in [-0.1, -0.05) is 24.3 Å². The van der Waals surface area contributed by atoms with Gasteiger partial charge in [0.1, 0.15) is 11.1 Å². The Balaban J connectivity index is 0.00000161. The van der Waals surface area contributed by atoms with Crippen LogP contribution in [0, 0.1) is 0 Å². The molecule has 0 aliphatic carbocycles. The number of alkyl halides is 2. The summed E-state index contributed by atoms with van der Waals surface area (Å²) in [5.74, 6) is 0. The second-order valence-electron chi connectivity index (χ2n) is 4.52. The molecule has 1 aromatic carbocycles. The van der Waals surface area contributed by atoms with Gasteiger partial charge in [0.15, 0.2) is 0 Å². The summed E-state index contributed by atoms with van der Waals surface area (Å²) in [4.78, 5) is 4.47. The summed E-state index contributed by atoms with van der Waals surface area (Å²) in [6.07, 6.45) is -2.58. The lowest BCUT2D eigenvalue weighted by molar-refractivity contribution is 0.0276. The van der Waals surface area contributed by atoms with Gasteiger partial charge in [-0.25, -0.2) is 13.8 Å². The molecule has 1 saturated heterocycles. The van der Waals surface area contributed by atoms with Gasteiger partial charge >= 0.3 is 0 Å². The van der Waals surface area contributed by atoms with Crippen molar-refractivity contribution in [2.75, 3.05) is 19.7 Å². The van der Waals surface area contributed by atoms with E-state index in [9.17, 15) is 8.78 Å². The number of benzene rings is 1. The van der Waals surface area contributed by atoms with Gasteiger partial charge in [0, 0.05) is 29.6 Å². The number of hydrogen-bond donors (Lipinski definition) is 1. The van der Waals surface area contributed by atoms with E-state index in [1.165, 1.54) is 17.4 Å². The second-order valence-corrected chi connectivity index (χ2v) is 5.41. The van der Waals surface area contributed by atoms with Crippen LogP contribution in [-0.4, -0.2) is 24.7 Å². The first kappa shape index (κ1) is 16.3. The van der Waals surface area contributed by atoms with Gasteiger partial charge in [0.05, 0.1) is 12.3 Å². The third-order valence-electron chi connectivity index (χ3n) is 3.20. The van der Waals surface area contributed by atoms with Crippen molar-refractivity contribution in [3.63, 3.8) is 0 Å². The molecule has 7 heteroatoms. The SMILES string of the molecule is Cl.FC(F)c1ccccc1-c1csc([C@H]2CNCCO2)n1. The molecule has 2 aromatic rings. The van der Waals surface area contributed by atoms with E-state index in [-0.39, 0.29) is 24.1 Å². The molecule has 1 fully saturated rings. The lowest BCUT2D eigenvalue weighted by Gasteiger charge is -2.21. The van der Waals surface area contributed by atoms with E-state index < -0.39 is 6.43 Å². The van der Waals surface area contributed by atoms with Gasteiger partial charge in [-0.15, -0.1) is 23.7 Å². The van der Waals surface area contributed by atoms with Crippen LogP contribution in [0.15, 0.2) is 29.6 Å². The zero-order chi connectivity index (χ0) is 13.9. The maximum Gasteiger partial charge on any atom is 0.264 e. The molecular formula is C14H15ClF2N2OS. The molecule has 0 bridgehead atoms. The van der Waals surface area contributed by atoms with Gasteiger partial charge in [-0.2, -0.15) is 0 Å². The Labute approximate surface area is 131 Å². The van der Waals surface area contributed by atoms with Crippen molar-refractivity contribution in [1.29, 1.82) is 0 Å². The van der Waals surface area contributed by atoms with Crippen molar-refractivity contribution in [2.24, 2.45) is 0 Å². The quantitative estimate of drug-likeness (QED) is 0.927. The van der Waals surface area contributed by atoms with E-state index in [1.807, 2.05) is 5.38 Å². The highest BCUT2D eigenvalue weighted by Gasteiger charge is 2.21. The first-order valence-electron chi connectivity index (χ1n) is 6.41. The number of ether oxygens (including phenoxy) is 1. The number of halogens is 3. The van der Waals surface area contributed by atoms with Crippen molar-refractivity contribution in [1.82, 2.24) is 10.3 Å². The van der Waals surface area contributed by atoms with Crippen LogP contribution in [0.25, 0.3) is 11.3 Å². The molecule has 3 nitrogen and oxygen atoms in total. The van der Waals surface area contributed by atoms with E-state index in [2.05, 4.69) is 10.3 Å². The predicted octanol–water partition coefficient (Wildman–Crippen LogP) is 3.83. The van der Waals surface area contributed by atoms with Crippen molar-refractivity contribution in [3.8, 4) is 11.3 Å². The van der Waals surface area contributed by atoms with Crippen LogP contribution >= 0.6 is 23.7 Å². The zero-order valence-electron chi connectivity index (χ0n) is 11.1. The fourth-order valence-corrected chi connectivity index (χ4v) is 3.07. The number of morpholine rings is 1. The molecule has 1 aromatic heterocycles. The van der Waals surface area contributed by atoms with Crippen LogP contribution in [-0.2, 0) is 4.74 Å². The molecule has 1 aliphatic heterocycles. The van der Waals surface area contributed by atoms with Crippen LogP contribution in [0.5, 0.6) is 0 Å². The molecule has 0 spiro atoms. The number of nitrogens with one attached hydrogen (secondary N) is 1. The van der Waals surface area contributed by atoms with Crippen molar-refractivity contribution < 1.29 is 13.5 Å². The number of thiazole rings is 1. The number of hydrogen-bond acceptors (Lipinski definition) is 4. The summed E-state index contributed by atoms with van der Waals surface area (Å²) in [6.45, 7) is 2.19. The van der Waals surface area contributed by atoms with Gasteiger partial charge in [0.2, 0.25) is 0 Å². The average molecular weight is 333 g/mol. The number of rotatable bonds is 3. The van der Waals surface area contributed by atoms with Gasteiger partial charge < -0.3 is 10.1 Å². The molecule has 21 heavy (non-hydrogen) atoms. The van der Waals surface area contributed by atoms with Gasteiger partial charge in [-0.05, 0) is 0 Å². The highest BCUT2D eigenvalue weighted by atomic mass is 35.5. The maximum atomic E-state index is 13.0. The monoisotopic (exact) mass is 332 g/mol. The molecule has 2 heterocycles. The van der Waals surface area contributed by atoms with Gasteiger partial charge in [-0.3, -0.25) is 0 Å². The normalized spacial score (nSPS) is 18.5. The van der Waals surface area contributed by atoms with E-state index >= 15 is 0 Å². The average Bonchev–Trinajstić information content (AvgIpc) is 2.98. The van der Waals surface area contributed by atoms with Crippen LogP contribution < -0.4 is 5.32 Å². The molecule has 1 atom stereocenters. The van der Waals surface area contributed by atoms with Crippen LogP contribution in [0.2, 0.25) is 0 Å². The van der Waals surface area contributed by atoms with Gasteiger partial charge in [0.25, 0.3) is 6.43 Å². The molecule has 1 N–H and O–H groups in total. The summed E-state index contributed by atoms with van der Waals surface area (Å²) >= 11 is 1.45. The molecular weight excluding hydrogens is 318 g/mol. The third kappa shape index (κ3) is 3.58. The van der Waals surface area contributed by atoms with Crippen LogP contribution in [0.3, 0.4) is 0 Å². The molecule has 1 aliphatic rings. The van der Waals surface area contributed by atoms with E-state index in [0.29, 0.717) is 24.4 Å². The fourth-order valence-electron chi connectivity index (χ4n) is 2.20. The smallest absolute Gasteiger partial charge is 0.264 e. The summed E-state index contributed by atoms with van der Waals surface area (Å²) in [6, 6.07) is 6.49. The second kappa shape index (κ2) is 7.26. The Morgan fingerprint density at radius 1 is 1.33 bits per heavy atom. The van der Waals surface area contributed by atoms with E-state index in [0.717, 1.165) is 11.6 Å². The standard InChI is InChI=1S/C14H14F2N2OS.ClH/c15-13(16)10-4-2-1-3-9(10)11-8-20-14(18-11)12-7-17-5-6-19-12;/h1-4,8,12-13,17H,5-7H2;1H/t12-;/m1./s1. The Bertz CT molecular complexity index is 588. The predicted molar refractivity (Wildman–Crippen MR) is 81.3 cm³/mol. The summed E-state index contributed by atoms with van der Waals surface area (Å²) < 4.78 is 31.7. The Morgan fingerprint density at radius 3 is 2.86 bits per heavy atom. The summed E-state index contributed by atoms with van der Waals surface area (Å²) in [5.41, 5.74) is 1.11. The fraction of sp³-hybridized carbons (Fsp3) is 0.357. The molecule has 0 unspecified atom stereocenters. The maximum absolute atomic E-state index is 13.0. The van der Waals surface area contributed by atoms with Crippen LogP contribution in [0.1, 0.15) is 23.1 Å². The first-order valence-corrected chi connectivity index (χ1v) is 7.29. The largest absolute Gasteiger partial charge is 0.368 e. The van der Waals surface area contributed by atoms with Crippen LogP contribution in [0.4, 0.5) is 8.78 Å². The molecule has 114 valence electrons.